The summed E-state index contributed by atoms with van der Waals surface area (Å²) < 4.78 is 1.92. The summed E-state index contributed by atoms with van der Waals surface area (Å²) in [5.41, 5.74) is 0. The molecule has 2 N–H and O–H groups in total. The van der Waals surface area contributed by atoms with Crippen LogP contribution in [0, 0.1) is 17.8 Å². The van der Waals surface area contributed by atoms with Crippen molar-refractivity contribution in [1.82, 2.24) is 20.1 Å². The zero-order valence-corrected chi connectivity index (χ0v) is 13.0. The van der Waals surface area contributed by atoms with Crippen LogP contribution in [0.3, 0.4) is 0 Å². The quantitative estimate of drug-likeness (QED) is 0.803. The second kappa shape index (κ2) is 7.54. The van der Waals surface area contributed by atoms with Crippen molar-refractivity contribution in [3.8, 4) is 0 Å². The predicted octanol–water partition coefficient (Wildman–Crippen LogP) is 1.91. The topological polar surface area (TPSA) is 80.0 Å². The fourth-order valence-corrected chi connectivity index (χ4v) is 3.07. The molecule has 0 spiro atoms. The molecule has 1 heterocycles. The molecule has 118 valence electrons. The fraction of sp³-hybridized carbons (Fsp3) is 0.800. The van der Waals surface area contributed by atoms with E-state index in [4.69, 9.17) is 0 Å². The second-order valence-electron chi connectivity index (χ2n) is 6.37. The predicted molar refractivity (Wildman–Crippen MR) is 79.7 cm³/mol. The summed E-state index contributed by atoms with van der Waals surface area (Å²) in [5.74, 6) is 0.841. The molecule has 1 saturated carbocycles. The van der Waals surface area contributed by atoms with Gasteiger partial charge in [-0.2, -0.15) is 5.10 Å². The molecular formula is C15H26N4O2. The van der Waals surface area contributed by atoms with E-state index in [0.717, 1.165) is 44.6 Å². The lowest BCUT2D eigenvalue weighted by Gasteiger charge is -2.28. The zero-order valence-electron chi connectivity index (χ0n) is 13.0. The summed E-state index contributed by atoms with van der Waals surface area (Å²) >= 11 is 0. The van der Waals surface area contributed by atoms with Gasteiger partial charge in [0.25, 0.3) is 0 Å². The summed E-state index contributed by atoms with van der Waals surface area (Å²) in [6.07, 6.45) is 5.57. The summed E-state index contributed by atoms with van der Waals surface area (Å²) in [6, 6.07) is 0. The molecule has 1 aromatic heterocycles. The minimum absolute atomic E-state index is 0.195. The Hall–Kier alpha value is -1.43. The third-order valence-electron chi connectivity index (χ3n) is 4.15. The molecule has 0 aromatic carbocycles. The first kappa shape index (κ1) is 15.9. The Morgan fingerprint density at radius 1 is 1.48 bits per heavy atom. The normalized spacial score (nSPS) is 22.6. The maximum atomic E-state index is 11.3. The van der Waals surface area contributed by atoms with Crippen molar-refractivity contribution < 1.29 is 9.90 Å². The molecule has 0 radical (unpaired) electrons. The van der Waals surface area contributed by atoms with Crippen molar-refractivity contribution >= 4 is 5.97 Å². The first-order valence-corrected chi connectivity index (χ1v) is 7.88. The molecule has 2 atom stereocenters. The Morgan fingerprint density at radius 2 is 2.24 bits per heavy atom. The van der Waals surface area contributed by atoms with E-state index in [9.17, 15) is 9.90 Å². The molecule has 21 heavy (non-hydrogen) atoms. The Bertz CT molecular complexity index is 458. The molecule has 1 aliphatic rings. The Kier molecular flexibility index (Phi) is 5.73. The van der Waals surface area contributed by atoms with E-state index in [0.29, 0.717) is 12.5 Å². The van der Waals surface area contributed by atoms with Crippen LogP contribution in [0.5, 0.6) is 0 Å². The van der Waals surface area contributed by atoms with Crippen molar-refractivity contribution in [2.45, 2.75) is 52.6 Å². The summed E-state index contributed by atoms with van der Waals surface area (Å²) in [7, 11) is 0. The van der Waals surface area contributed by atoms with Gasteiger partial charge in [-0.05, 0) is 31.2 Å². The highest BCUT2D eigenvalue weighted by molar-refractivity contribution is 5.70. The number of aliphatic carboxylic acids is 1. The molecule has 1 fully saturated rings. The molecule has 0 amide bonds. The SMILES string of the molecule is CC(C)Cn1ncnc1CNCC1CCCCC1C(=O)O. The summed E-state index contributed by atoms with van der Waals surface area (Å²) in [6.45, 7) is 6.55. The van der Waals surface area contributed by atoms with Crippen LogP contribution in [0.4, 0.5) is 0 Å². The van der Waals surface area contributed by atoms with Gasteiger partial charge in [0, 0.05) is 6.54 Å². The highest BCUT2D eigenvalue weighted by Gasteiger charge is 2.30. The molecule has 0 bridgehead atoms. The van der Waals surface area contributed by atoms with Gasteiger partial charge in [-0.25, -0.2) is 9.67 Å². The van der Waals surface area contributed by atoms with Crippen molar-refractivity contribution in [2.75, 3.05) is 6.54 Å². The van der Waals surface area contributed by atoms with Crippen LogP contribution in [-0.2, 0) is 17.9 Å². The van der Waals surface area contributed by atoms with E-state index in [1.807, 2.05) is 4.68 Å². The molecule has 6 nitrogen and oxygen atoms in total. The number of carboxylic acid groups (broad SMARTS) is 1. The lowest BCUT2D eigenvalue weighted by atomic mass is 9.79. The van der Waals surface area contributed by atoms with Gasteiger partial charge in [0.2, 0.25) is 0 Å². The molecule has 0 aliphatic heterocycles. The maximum absolute atomic E-state index is 11.3. The first-order chi connectivity index (χ1) is 10.1. The van der Waals surface area contributed by atoms with E-state index >= 15 is 0 Å². The van der Waals surface area contributed by atoms with Gasteiger partial charge in [0.15, 0.2) is 0 Å². The van der Waals surface area contributed by atoms with Gasteiger partial charge in [-0.3, -0.25) is 4.79 Å². The number of carboxylic acids is 1. The Balaban J connectivity index is 1.83. The monoisotopic (exact) mass is 294 g/mol. The van der Waals surface area contributed by atoms with E-state index in [-0.39, 0.29) is 11.8 Å². The minimum atomic E-state index is -0.649. The average Bonchev–Trinajstić information content (AvgIpc) is 2.86. The number of nitrogens with zero attached hydrogens (tertiary/aromatic N) is 3. The lowest BCUT2D eigenvalue weighted by molar-refractivity contribution is -0.144. The average molecular weight is 294 g/mol. The van der Waals surface area contributed by atoms with Crippen LogP contribution in [-0.4, -0.2) is 32.4 Å². The van der Waals surface area contributed by atoms with Crippen molar-refractivity contribution in [2.24, 2.45) is 17.8 Å². The highest BCUT2D eigenvalue weighted by atomic mass is 16.4. The van der Waals surface area contributed by atoms with E-state index < -0.39 is 5.97 Å². The van der Waals surface area contributed by atoms with Crippen LogP contribution in [0.2, 0.25) is 0 Å². The van der Waals surface area contributed by atoms with E-state index in [1.165, 1.54) is 0 Å². The number of hydrogen-bond acceptors (Lipinski definition) is 4. The number of carbonyl (C=O) groups is 1. The van der Waals surface area contributed by atoms with Crippen LogP contribution in [0.1, 0.15) is 45.4 Å². The van der Waals surface area contributed by atoms with Gasteiger partial charge in [-0.1, -0.05) is 26.7 Å². The van der Waals surface area contributed by atoms with Gasteiger partial charge in [0.05, 0.1) is 12.5 Å². The van der Waals surface area contributed by atoms with E-state index in [2.05, 4.69) is 29.2 Å². The number of rotatable bonds is 7. The number of hydrogen-bond donors (Lipinski definition) is 2. The van der Waals surface area contributed by atoms with Crippen molar-refractivity contribution in [3.63, 3.8) is 0 Å². The molecule has 2 rings (SSSR count). The smallest absolute Gasteiger partial charge is 0.306 e. The van der Waals surface area contributed by atoms with Gasteiger partial charge in [0.1, 0.15) is 12.2 Å². The van der Waals surface area contributed by atoms with Crippen LogP contribution < -0.4 is 5.32 Å². The molecular weight excluding hydrogens is 268 g/mol. The third kappa shape index (κ3) is 4.52. The maximum Gasteiger partial charge on any atom is 0.306 e. The van der Waals surface area contributed by atoms with Gasteiger partial charge < -0.3 is 10.4 Å². The Labute approximate surface area is 126 Å². The molecule has 0 saturated heterocycles. The molecule has 1 aliphatic carbocycles. The minimum Gasteiger partial charge on any atom is -0.481 e. The summed E-state index contributed by atoms with van der Waals surface area (Å²) in [4.78, 5) is 15.6. The van der Waals surface area contributed by atoms with Crippen molar-refractivity contribution in [3.05, 3.63) is 12.2 Å². The number of nitrogens with one attached hydrogen (secondary N) is 1. The van der Waals surface area contributed by atoms with Crippen LogP contribution >= 0.6 is 0 Å². The lowest BCUT2D eigenvalue weighted by Crippen LogP contribution is -2.35. The van der Waals surface area contributed by atoms with Gasteiger partial charge in [-0.15, -0.1) is 0 Å². The van der Waals surface area contributed by atoms with Crippen LogP contribution in [0.25, 0.3) is 0 Å². The molecule has 2 unspecified atom stereocenters. The number of aromatic nitrogens is 3. The van der Waals surface area contributed by atoms with Crippen molar-refractivity contribution in [1.29, 1.82) is 0 Å². The molecule has 6 heteroatoms. The second-order valence-corrected chi connectivity index (χ2v) is 6.37. The Morgan fingerprint density at radius 3 is 2.95 bits per heavy atom. The van der Waals surface area contributed by atoms with Gasteiger partial charge >= 0.3 is 5.97 Å². The van der Waals surface area contributed by atoms with Crippen LogP contribution in [0.15, 0.2) is 6.33 Å². The van der Waals surface area contributed by atoms with E-state index in [1.54, 1.807) is 6.33 Å². The molecule has 1 aromatic rings. The standard InChI is InChI=1S/C15H26N4O2/c1-11(2)9-19-14(17-10-18-19)8-16-7-12-5-3-4-6-13(12)15(20)21/h10-13,16H,3-9H2,1-2H3,(H,20,21). The third-order valence-corrected chi connectivity index (χ3v) is 4.15. The largest absolute Gasteiger partial charge is 0.481 e. The first-order valence-electron chi connectivity index (χ1n) is 7.88. The highest BCUT2D eigenvalue weighted by Crippen LogP contribution is 2.29. The summed E-state index contributed by atoms with van der Waals surface area (Å²) in [5, 5.41) is 16.9. The zero-order chi connectivity index (χ0) is 15.2. The fourth-order valence-electron chi connectivity index (χ4n) is 3.07.